The number of imide groups is 1. The highest BCUT2D eigenvalue weighted by molar-refractivity contribution is 5.96. The first-order valence-corrected chi connectivity index (χ1v) is 5.56. The number of cyclic esters (lactones) is 1. The van der Waals surface area contributed by atoms with E-state index in [0.29, 0.717) is 6.42 Å². The summed E-state index contributed by atoms with van der Waals surface area (Å²) < 4.78 is 4.83. The summed E-state index contributed by atoms with van der Waals surface area (Å²) in [6.07, 6.45) is -0.0286. The highest BCUT2D eigenvalue weighted by Crippen LogP contribution is 2.20. The summed E-state index contributed by atoms with van der Waals surface area (Å²) in [5.74, 6) is -0.642. The molecule has 0 aliphatic carbocycles. The van der Waals surface area contributed by atoms with E-state index in [2.05, 4.69) is 10.0 Å². The van der Waals surface area contributed by atoms with Crippen molar-refractivity contribution >= 4 is 12.0 Å². The van der Waals surface area contributed by atoms with E-state index in [0.717, 1.165) is 4.90 Å². The number of carbonyl (C=O) groups is 2. The van der Waals surface area contributed by atoms with E-state index >= 15 is 0 Å². The molecule has 1 heterocycles. The van der Waals surface area contributed by atoms with Crippen LogP contribution in [-0.2, 0) is 9.53 Å². The molecule has 94 valence electrons. The molecule has 2 atom stereocenters. The molecule has 1 aliphatic heterocycles. The van der Waals surface area contributed by atoms with Crippen molar-refractivity contribution in [2.45, 2.75) is 39.3 Å². The Balaban J connectivity index is 2.93. The van der Waals surface area contributed by atoms with Crippen molar-refractivity contribution in [3.63, 3.8) is 0 Å². The van der Waals surface area contributed by atoms with Crippen molar-refractivity contribution in [2.75, 3.05) is 6.61 Å². The Labute approximate surface area is 99.3 Å². The molecule has 0 N–H and O–H groups in total. The molecule has 0 spiro atoms. The molecule has 0 bridgehead atoms. The summed E-state index contributed by atoms with van der Waals surface area (Å²) in [4.78, 5) is 27.3. The normalized spacial score (nSPS) is 21.1. The van der Waals surface area contributed by atoms with Crippen molar-refractivity contribution < 1.29 is 14.3 Å². The summed E-state index contributed by atoms with van der Waals surface area (Å²) in [5.41, 5.74) is 8.44. The van der Waals surface area contributed by atoms with E-state index < -0.39 is 18.0 Å². The van der Waals surface area contributed by atoms with Crippen LogP contribution >= 0.6 is 0 Å². The molecule has 17 heavy (non-hydrogen) atoms. The zero-order valence-corrected chi connectivity index (χ0v) is 10.2. The lowest BCUT2D eigenvalue weighted by molar-refractivity contribution is -0.131. The average Bonchev–Trinajstić information content (AvgIpc) is 2.66. The fraction of sp³-hybridized carbons (Fsp3) is 0.800. The Morgan fingerprint density at radius 2 is 2.35 bits per heavy atom. The first-order chi connectivity index (χ1) is 8.02. The van der Waals surface area contributed by atoms with Gasteiger partial charge >= 0.3 is 6.09 Å². The molecule has 7 heteroatoms. The van der Waals surface area contributed by atoms with Crippen LogP contribution in [0.1, 0.15) is 27.2 Å². The lowest BCUT2D eigenvalue weighted by atomic mass is 10.0. The Morgan fingerprint density at radius 1 is 1.71 bits per heavy atom. The maximum atomic E-state index is 12.1. The van der Waals surface area contributed by atoms with Gasteiger partial charge in [-0.05, 0) is 17.9 Å². The van der Waals surface area contributed by atoms with Crippen LogP contribution in [0, 0.1) is 5.92 Å². The number of amides is 2. The Hall–Kier alpha value is -1.75. The third-order valence-corrected chi connectivity index (χ3v) is 2.73. The second-order valence-corrected chi connectivity index (χ2v) is 4.24. The van der Waals surface area contributed by atoms with E-state index in [1.807, 2.05) is 6.92 Å². The summed E-state index contributed by atoms with van der Waals surface area (Å²) >= 11 is 0. The quantitative estimate of drug-likeness (QED) is 0.427. The van der Waals surface area contributed by atoms with Crippen molar-refractivity contribution in [1.82, 2.24) is 4.90 Å². The lowest BCUT2D eigenvalue weighted by Crippen LogP contribution is -2.45. The van der Waals surface area contributed by atoms with E-state index in [-0.39, 0.29) is 18.6 Å². The maximum absolute atomic E-state index is 12.1. The molecule has 1 fully saturated rings. The van der Waals surface area contributed by atoms with Gasteiger partial charge in [0, 0.05) is 4.91 Å². The monoisotopic (exact) mass is 240 g/mol. The van der Waals surface area contributed by atoms with Gasteiger partial charge in [-0.3, -0.25) is 4.79 Å². The number of ether oxygens (including phenoxy) is 1. The van der Waals surface area contributed by atoms with Gasteiger partial charge in [-0.1, -0.05) is 25.9 Å². The van der Waals surface area contributed by atoms with Gasteiger partial charge in [0.1, 0.15) is 12.6 Å². The van der Waals surface area contributed by atoms with Gasteiger partial charge in [-0.15, -0.1) is 0 Å². The fourth-order valence-corrected chi connectivity index (χ4v) is 1.70. The Kier molecular flexibility index (Phi) is 4.34. The third-order valence-electron chi connectivity index (χ3n) is 2.73. The van der Waals surface area contributed by atoms with Gasteiger partial charge in [0.05, 0.1) is 6.04 Å². The van der Waals surface area contributed by atoms with E-state index in [1.54, 1.807) is 13.8 Å². The molecular formula is C10H16N4O3. The van der Waals surface area contributed by atoms with Crippen LogP contribution in [0.2, 0.25) is 0 Å². The van der Waals surface area contributed by atoms with Crippen LogP contribution < -0.4 is 0 Å². The molecule has 7 nitrogen and oxygen atoms in total. The minimum Gasteiger partial charge on any atom is -0.447 e. The minimum absolute atomic E-state index is 0.163. The summed E-state index contributed by atoms with van der Waals surface area (Å²) in [5, 5.41) is 3.45. The van der Waals surface area contributed by atoms with Crippen molar-refractivity contribution in [1.29, 1.82) is 0 Å². The maximum Gasteiger partial charge on any atom is 0.416 e. The average molecular weight is 240 g/mol. The number of nitrogens with zero attached hydrogens (tertiary/aromatic N) is 4. The summed E-state index contributed by atoms with van der Waals surface area (Å²) in [6, 6.07) is -1.12. The van der Waals surface area contributed by atoms with E-state index in [1.165, 1.54) is 0 Å². The fourth-order valence-electron chi connectivity index (χ4n) is 1.70. The molecule has 2 unspecified atom stereocenters. The summed E-state index contributed by atoms with van der Waals surface area (Å²) in [6.45, 7) is 5.60. The molecule has 0 aromatic rings. The van der Waals surface area contributed by atoms with Crippen molar-refractivity contribution in [3.05, 3.63) is 10.4 Å². The highest BCUT2D eigenvalue weighted by Gasteiger charge is 2.40. The molecule has 0 saturated carbocycles. The van der Waals surface area contributed by atoms with Crippen LogP contribution in [0.4, 0.5) is 4.79 Å². The standard InChI is InChI=1S/C10H16N4O3/c1-4-7-5-17-10(16)14(7)9(15)8(6(2)3)12-13-11/h6-8H,4-5H2,1-3H3. The topological polar surface area (TPSA) is 95.4 Å². The van der Waals surface area contributed by atoms with E-state index in [9.17, 15) is 9.59 Å². The van der Waals surface area contributed by atoms with Crippen LogP contribution in [0.5, 0.6) is 0 Å². The SMILES string of the molecule is CCC1COC(=O)N1C(=O)C(N=[N+]=[N-])C(C)C. The highest BCUT2D eigenvalue weighted by atomic mass is 16.6. The van der Waals surface area contributed by atoms with Crippen molar-refractivity contribution in [2.24, 2.45) is 11.0 Å². The van der Waals surface area contributed by atoms with Crippen molar-refractivity contribution in [3.8, 4) is 0 Å². The number of azide groups is 1. The van der Waals surface area contributed by atoms with Crippen LogP contribution in [0.25, 0.3) is 10.4 Å². The van der Waals surface area contributed by atoms with Gasteiger partial charge in [0.2, 0.25) is 5.91 Å². The molecule has 0 aromatic heterocycles. The van der Waals surface area contributed by atoms with Gasteiger partial charge in [0.25, 0.3) is 0 Å². The van der Waals surface area contributed by atoms with Crippen LogP contribution in [0.15, 0.2) is 5.11 Å². The second-order valence-electron chi connectivity index (χ2n) is 4.24. The van der Waals surface area contributed by atoms with Gasteiger partial charge in [0.15, 0.2) is 0 Å². The molecule has 0 aromatic carbocycles. The van der Waals surface area contributed by atoms with Gasteiger partial charge in [-0.2, -0.15) is 0 Å². The number of hydrogen-bond acceptors (Lipinski definition) is 4. The lowest BCUT2D eigenvalue weighted by Gasteiger charge is -2.23. The smallest absolute Gasteiger partial charge is 0.416 e. The molecular weight excluding hydrogens is 224 g/mol. The molecule has 1 rings (SSSR count). The predicted octanol–water partition coefficient (Wildman–Crippen LogP) is 2.08. The summed E-state index contributed by atoms with van der Waals surface area (Å²) in [7, 11) is 0. The number of rotatable bonds is 4. The predicted molar refractivity (Wildman–Crippen MR) is 60.0 cm³/mol. The second kappa shape index (κ2) is 5.54. The van der Waals surface area contributed by atoms with Gasteiger partial charge < -0.3 is 4.74 Å². The Morgan fingerprint density at radius 3 is 2.82 bits per heavy atom. The molecule has 1 aliphatic rings. The van der Waals surface area contributed by atoms with Crippen LogP contribution in [-0.4, -0.2) is 35.6 Å². The first kappa shape index (κ1) is 13.3. The minimum atomic E-state index is -0.861. The van der Waals surface area contributed by atoms with E-state index in [4.69, 9.17) is 10.3 Å². The zero-order valence-electron chi connectivity index (χ0n) is 10.2. The molecule has 1 saturated heterocycles. The zero-order chi connectivity index (χ0) is 13.0. The number of hydrogen-bond donors (Lipinski definition) is 0. The first-order valence-electron chi connectivity index (χ1n) is 5.56. The molecule has 0 radical (unpaired) electrons. The largest absolute Gasteiger partial charge is 0.447 e. The van der Waals surface area contributed by atoms with Crippen LogP contribution in [0.3, 0.4) is 0 Å². The Bertz CT molecular complexity index is 363. The molecule has 2 amide bonds. The number of carbonyl (C=O) groups excluding carboxylic acids is 2. The third kappa shape index (κ3) is 2.68. The van der Waals surface area contributed by atoms with Gasteiger partial charge in [-0.25, -0.2) is 9.69 Å².